The lowest BCUT2D eigenvalue weighted by Crippen LogP contribution is -2.20. The fraction of sp³-hybridized carbons (Fsp3) is 0.500. The van der Waals surface area contributed by atoms with E-state index in [1.807, 2.05) is 27.7 Å². The van der Waals surface area contributed by atoms with Crippen LogP contribution in [0.5, 0.6) is 0 Å². The van der Waals surface area contributed by atoms with E-state index in [1.165, 1.54) is 11.3 Å². The maximum atomic E-state index is 11.7. The van der Waals surface area contributed by atoms with E-state index < -0.39 is 5.97 Å². The number of carboxylic acid groups (broad SMARTS) is 1. The Morgan fingerprint density at radius 2 is 2.00 bits per heavy atom. The lowest BCUT2D eigenvalue weighted by Gasteiger charge is -2.16. The van der Waals surface area contributed by atoms with Gasteiger partial charge in [-0.3, -0.25) is 4.79 Å². The van der Waals surface area contributed by atoms with Crippen LogP contribution in [-0.2, 0) is 4.79 Å². The highest BCUT2D eigenvalue weighted by Crippen LogP contribution is 2.28. The van der Waals surface area contributed by atoms with Crippen LogP contribution in [0.15, 0.2) is 6.07 Å². The van der Waals surface area contributed by atoms with Gasteiger partial charge in [0.05, 0.1) is 5.56 Å². The minimum absolute atomic E-state index is 0.111. The molecule has 17 heavy (non-hydrogen) atoms. The van der Waals surface area contributed by atoms with E-state index in [4.69, 9.17) is 5.11 Å². The number of carbonyl (C=O) groups excluding carboxylic acids is 1. The minimum atomic E-state index is -1.01. The number of carbonyl (C=O) groups is 2. The fourth-order valence-corrected chi connectivity index (χ4v) is 2.34. The molecule has 0 spiro atoms. The molecule has 2 N–H and O–H groups in total. The minimum Gasteiger partial charge on any atom is -0.478 e. The van der Waals surface area contributed by atoms with Crippen molar-refractivity contribution < 1.29 is 14.7 Å². The first kappa shape index (κ1) is 13.7. The van der Waals surface area contributed by atoms with Crippen LogP contribution in [-0.4, -0.2) is 17.0 Å². The predicted molar refractivity (Wildman–Crippen MR) is 68.7 cm³/mol. The van der Waals surface area contributed by atoms with Gasteiger partial charge in [-0.15, -0.1) is 11.3 Å². The van der Waals surface area contributed by atoms with E-state index in [-0.39, 0.29) is 16.9 Å². The topological polar surface area (TPSA) is 66.4 Å². The third-order valence-corrected chi connectivity index (χ3v) is 3.00. The van der Waals surface area contributed by atoms with Crippen LogP contribution < -0.4 is 5.32 Å². The van der Waals surface area contributed by atoms with Gasteiger partial charge in [0, 0.05) is 11.3 Å². The van der Waals surface area contributed by atoms with Crippen molar-refractivity contribution in [3.63, 3.8) is 0 Å². The molecular formula is C12H17NO3S. The van der Waals surface area contributed by atoms with E-state index >= 15 is 0 Å². The number of hydrogen-bond donors (Lipinski definition) is 2. The molecule has 1 rings (SSSR count). The van der Waals surface area contributed by atoms with Crippen LogP contribution >= 0.6 is 11.3 Å². The summed E-state index contributed by atoms with van der Waals surface area (Å²) in [6.45, 7) is 7.70. The van der Waals surface area contributed by atoms with Crippen LogP contribution in [0.4, 0.5) is 5.00 Å². The van der Waals surface area contributed by atoms with Gasteiger partial charge in [-0.2, -0.15) is 0 Å². The highest BCUT2D eigenvalue weighted by molar-refractivity contribution is 7.16. The van der Waals surface area contributed by atoms with Crippen LogP contribution in [0, 0.1) is 12.3 Å². The number of thiophene rings is 1. The average Bonchev–Trinajstić information content (AvgIpc) is 2.42. The van der Waals surface area contributed by atoms with Crippen molar-refractivity contribution in [2.45, 2.75) is 34.1 Å². The van der Waals surface area contributed by atoms with Crippen LogP contribution in [0.1, 0.15) is 42.4 Å². The Morgan fingerprint density at radius 1 is 1.41 bits per heavy atom. The van der Waals surface area contributed by atoms with E-state index in [1.54, 1.807) is 6.07 Å². The summed E-state index contributed by atoms with van der Waals surface area (Å²) in [5, 5.41) is 12.1. The summed E-state index contributed by atoms with van der Waals surface area (Å²) in [6, 6.07) is 1.57. The Balaban J connectivity index is 2.81. The number of amides is 1. The van der Waals surface area contributed by atoms with Gasteiger partial charge in [0.2, 0.25) is 5.91 Å². The molecule has 1 heterocycles. The fourth-order valence-electron chi connectivity index (χ4n) is 1.42. The second-order valence-corrected chi connectivity index (χ2v) is 6.45. The van der Waals surface area contributed by atoms with Crippen LogP contribution in [0.3, 0.4) is 0 Å². The molecule has 0 unspecified atom stereocenters. The molecule has 0 saturated heterocycles. The van der Waals surface area contributed by atoms with Gasteiger partial charge in [-0.05, 0) is 18.4 Å². The molecule has 1 amide bonds. The zero-order valence-electron chi connectivity index (χ0n) is 10.5. The maximum Gasteiger partial charge on any atom is 0.338 e. The van der Waals surface area contributed by atoms with Crippen molar-refractivity contribution in [2.75, 3.05) is 5.32 Å². The van der Waals surface area contributed by atoms with Gasteiger partial charge in [0.15, 0.2) is 0 Å². The smallest absolute Gasteiger partial charge is 0.338 e. The maximum absolute atomic E-state index is 11.7. The first-order valence-corrected chi connectivity index (χ1v) is 6.14. The summed E-state index contributed by atoms with van der Waals surface area (Å²) in [6.07, 6.45) is 0.364. The number of anilines is 1. The monoisotopic (exact) mass is 255 g/mol. The van der Waals surface area contributed by atoms with Gasteiger partial charge in [0.25, 0.3) is 0 Å². The molecule has 0 aliphatic heterocycles. The van der Waals surface area contributed by atoms with Gasteiger partial charge in [-0.1, -0.05) is 20.8 Å². The molecule has 94 valence electrons. The molecule has 0 atom stereocenters. The summed E-state index contributed by atoms with van der Waals surface area (Å²) in [5.41, 5.74) is 0.0505. The molecule has 1 aromatic heterocycles. The number of nitrogens with one attached hydrogen (secondary N) is 1. The summed E-state index contributed by atoms with van der Waals surface area (Å²) < 4.78 is 0. The van der Waals surface area contributed by atoms with Crippen LogP contribution in [0.2, 0.25) is 0 Å². The summed E-state index contributed by atoms with van der Waals surface area (Å²) in [5.74, 6) is -1.16. The van der Waals surface area contributed by atoms with Crippen molar-refractivity contribution in [2.24, 2.45) is 5.41 Å². The quantitative estimate of drug-likeness (QED) is 0.872. The Labute approximate surface area is 105 Å². The van der Waals surface area contributed by atoms with Crippen molar-refractivity contribution in [1.29, 1.82) is 0 Å². The van der Waals surface area contributed by atoms with Crippen molar-refractivity contribution >= 4 is 28.2 Å². The van der Waals surface area contributed by atoms with Gasteiger partial charge >= 0.3 is 5.97 Å². The van der Waals surface area contributed by atoms with Crippen molar-refractivity contribution in [1.82, 2.24) is 0 Å². The normalized spacial score (nSPS) is 11.3. The summed E-state index contributed by atoms with van der Waals surface area (Å²) in [4.78, 5) is 23.5. The predicted octanol–water partition coefficient (Wildman–Crippen LogP) is 3.13. The Kier molecular flexibility index (Phi) is 3.93. The van der Waals surface area contributed by atoms with E-state index in [0.717, 1.165) is 4.88 Å². The average molecular weight is 255 g/mol. The van der Waals surface area contributed by atoms with Crippen molar-refractivity contribution in [3.05, 3.63) is 16.5 Å². The SMILES string of the molecule is Cc1cc(C(=O)O)c(NC(=O)CC(C)(C)C)s1. The molecular weight excluding hydrogens is 238 g/mol. The first-order valence-electron chi connectivity index (χ1n) is 5.32. The Morgan fingerprint density at radius 3 is 2.47 bits per heavy atom. The molecule has 0 aliphatic rings. The zero-order chi connectivity index (χ0) is 13.2. The number of hydrogen-bond acceptors (Lipinski definition) is 3. The van der Waals surface area contributed by atoms with Gasteiger partial charge in [-0.25, -0.2) is 4.79 Å². The highest BCUT2D eigenvalue weighted by Gasteiger charge is 2.19. The molecule has 0 aliphatic carbocycles. The van der Waals surface area contributed by atoms with E-state index in [0.29, 0.717) is 11.4 Å². The molecule has 0 radical (unpaired) electrons. The molecule has 5 heteroatoms. The Hall–Kier alpha value is -1.36. The molecule has 0 fully saturated rings. The second kappa shape index (κ2) is 4.87. The highest BCUT2D eigenvalue weighted by atomic mass is 32.1. The molecule has 1 aromatic rings. The van der Waals surface area contributed by atoms with Crippen molar-refractivity contribution in [3.8, 4) is 0 Å². The second-order valence-electron chi connectivity index (χ2n) is 5.19. The lowest BCUT2D eigenvalue weighted by molar-refractivity contribution is -0.117. The first-order chi connectivity index (χ1) is 7.69. The zero-order valence-corrected chi connectivity index (χ0v) is 11.3. The lowest BCUT2D eigenvalue weighted by atomic mass is 9.92. The Bertz CT molecular complexity index is 443. The van der Waals surface area contributed by atoms with E-state index in [9.17, 15) is 9.59 Å². The molecule has 0 bridgehead atoms. The van der Waals surface area contributed by atoms with Gasteiger partial charge in [0.1, 0.15) is 5.00 Å². The van der Waals surface area contributed by atoms with Crippen LogP contribution in [0.25, 0.3) is 0 Å². The third kappa shape index (κ3) is 4.19. The molecule has 0 aromatic carbocycles. The number of aryl methyl sites for hydroxylation is 1. The number of aromatic carboxylic acids is 1. The standard InChI is InChI=1S/C12H17NO3S/c1-7-5-8(11(15)16)10(17-7)13-9(14)6-12(2,3)4/h5H,6H2,1-4H3,(H,13,14)(H,15,16). The molecule has 4 nitrogen and oxygen atoms in total. The third-order valence-electron chi connectivity index (χ3n) is 2.03. The van der Waals surface area contributed by atoms with Gasteiger partial charge < -0.3 is 10.4 Å². The summed E-state index contributed by atoms with van der Waals surface area (Å²) >= 11 is 1.28. The summed E-state index contributed by atoms with van der Waals surface area (Å²) in [7, 11) is 0. The number of carboxylic acids is 1. The number of rotatable bonds is 3. The molecule has 0 saturated carbocycles. The largest absolute Gasteiger partial charge is 0.478 e. The van der Waals surface area contributed by atoms with E-state index in [2.05, 4.69) is 5.32 Å².